The number of anilines is 2. The summed E-state index contributed by atoms with van der Waals surface area (Å²) in [6.45, 7) is -0.233. The summed E-state index contributed by atoms with van der Waals surface area (Å²) in [4.78, 5) is 51.9. The topological polar surface area (TPSA) is 130 Å². The number of benzene rings is 5. The summed E-state index contributed by atoms with van der Waals surface area (Å²) in [7, 11) is 0. The first-order valence-electron chi connectivity index (χ1n) is 17.5. The van der Waals surface area contributed by atoms with E-state index in [2.05, 4.69) is 15.6 Å². The summed E-state index contributed by atoms with van der Waals surface area (Å²) in [5.41, 5.74) is 2.41. The second-order valence-electron chi connectivity index (χ2n) is 13.4. The zero-order chi connectivity index (χ0) is 36.1. The Balaban J connectivity index is 1.33. The third-order valence-corrected chi connectivity index (χ3v) is 11.5. The van der Waals surface area contributed by atoms with Crippen molar-refractivity contribution in [3.8, 4) is 5.75 Å². The van der Waals surface area contributed by atoms with Crippen molar-refractivity contribution in [2.45, 2.75) is 29.6 Å². The summed E-state index contributed by atoms with van der Waals surface area (Å²) in [6, 6.07) is 38.7. The first kappa shape index (κ1) is 33.0. The molecule has 9 rings (SSSR count). The highest BCUT2D eigenvalue weighted by Crippen LogP contribution is 2.65. The Bertz CT molecular complexity index is 2320. The molecule has 53 heavy (non-hydrogen) atoms. The molecule has 0 saturated carbocycles. The van der Waals surface area contributed by atoms with Gasteiger partial charge >= 0.3 is 5.97 Å². The lowest BCUT2D eigenvalue weighted by atomic mass is 9.65. The Morgan fingerprint density at radius 3 is 2.30 bits per heavy atom. The molecule has 3 aliphatic rings. The van der Waals surface area contributed by atoms with Crippen LogP contribution in [0.1, 0.15) is 40.4 Å². The maximum absolute atomic E-state index is 15.2. The van der Waals surface area contributed by atoms with Crippen LogP contribution in [-0.4, -0.2) is 52.0 Å². The van der Waals surface area contributed by atoms with Gasteiger partial charge in [-0.1, -0.05) is 121 Å². The number of cyclic esters (lactones) is 1. The first-order valence-corrected chi connectivity index (χ1v) is 18.3. The minimum Gasteiger partial charge on any atom is -0.491 e. The lowest BCUT2D eigenvalue weighted by Crippen LogP contribution is -2.53. The van der Waals surface area contributed by atoms with Crippen LogP contribution in [0.15, 0.2) is 133 Å². The molecule has 6 unspecified atom stereocenters. The summed E-state index contributed by atoms with van der Waals surface area (Å²) in [6.07, 6.45) is -0.793. The molecule has 3 aliphatic heterocycles. The minimum absolute atomic E-state index is 0.00125. The number of carbonyl (C=O) groups is 3. The van der Waals surface area contributed by atoms with E-state index in [1.165, 1.54) is 11.3 Å². The molecule has 2 amide bonds. The van der Waals surface area contributed by atoms with E-state index >= 15 is 9.59 Å². The monoisotopic (exact) mass is 722 g/mol. The zero-order valence-corrected chi connectivity index (χ0v) is 29.1. The quantitative estimate of drug-likeness (QED) is 0.150. The van der Waals surface area contributed by atoms with E-state index in [-0.39, 0.29) is 13.2 Å². The lowest BCUT2D eigenvalue weighted by molar-refractivity contribution is -0.177. The van der Waals surface area contributed by atoms with Crippen molar-refractivity contribution in [3.05, 3.63) is 156 Å². The van der Waals surface area contributed by atoms with Crippen molar-refractivity contribution in [1.82, 2.24) is 9.88 Å². The van der Waals surface area contributed by atoms with Crippen molar-refractivity contribution >= 4 is 50.2 Å². The number of nitrogens with zero attached hydrogens (tertiary/aromatic N) is 2. The number of carbonyl (C=O) groups excluding carboxylic acids is 3. The van der Waals surface area contributed by atoms with Crippen LogP contribution in [0.5, 0.6) is 5.75 Å². The predicted molar refractivity (Wildman–Crippen MR) is 200 cm³/mol. The van der Waals surface area contributed by atoms with Gasteiger partial charge in [0.25, 0.3) is 0 Å². The number of fused-ring (bicyclic) bond motifs is 4. The maximum Gasteiger partial charge on any atom is 0.324 e. The maximum atomic E-state index is 15.2. The molecule has 0 bridgehead atoms. The van der Waals surface area contributed by atoms with Gasteiger partial charge in [-0.3, -0.25) is 19.3 Å². The van der Waals surface area contributed by atoms with Crippen LogP contribution in [0.25, 0.3) is 10.2 Å². The third kappa shape index (κ3) is 5.22. The van der Waals surface area contributed by atoms with Crippen LogP contribution < -0.4 is 15.4 Å². The number of aliphatic hydroxyl groups is 1. The number of morpholine rings is 1. The van der Waals surface area contributed by atoms with E-state index in [1.807, 2.05) is 132 Å². The second kappa shape index (κ2) is 13.3. The number of aliphatic hydroxyl groups excluding tert-OH is 1. The average molecular weight is 723 g/mol. The van der Waals surface area contributed by atoms with E-state index in [9.17, 15) is 9.90 Å². The van der Waals surface area contributed by atoms with Gasteiger partial charge in [-0.25, -0.2) is 4.98 Å². The fourth-order valence-corrected chi connectivity index (χ4v) is 9.49. The standard InChI is InChI=1S/C42H34N4O6S/c47-23-24-51-31-21-11-7-17-27(31)37-42(28-18-8-9-19-29(28)43-40(42)50)33(38(48)45-41-44-30-20-10-12-22-32(30)53-41)35-39(49)52-36(26-15-5-2-6-16-26)34(46(35)37)25-13-3-1-4-14-25/h1-22,33-37,47H,23-24H2,(H,43,50)(H,44,45,48). The number of rotatable bonds is 8. The third-order valence-electron chi connectivity index (χ3n) is 10.6. The number of nitrogens with one attached hydrogen (secondary N) is 2. The number of hydrogen-bond acceptors (Lipinski definition) is 9. The Hall–Kier alpha value is -5.88. The Labute approximate surface area is 309 Å². The molecule has 6 aromatic rings. The van der Waals surface area contributed by atoms with Crippen LogP contribution >= 0.6 is 11.3 Å². The Morgan fingerprint density at radius 1 is 0.849 bits per heavy atom. The number of aromatic nitrogens is 1. The zero-order valence-electron chi connectivity index (χ0n) is 28.3. The number of esters is 1. The van der Waals surface area contributed by atoms with E-state index in [0.29, 0.717) is 27.7 Å². The van der Waals surface area contributed by atoms with Crippen LogP contribution in [0.2, 0.25) is 0 Å². The Morgan fingerprint density at radius 2 is 1.53 bits per heavy atom. The van der Waals surface area contributed by atoms with Crippen LogP contribution in [0.3, 0.4) is 0 Å². The van der Waals surface area contributed by atoms with Crippen molar-refractivity contribution < 1.29 is 29.0 Å². The van der Waals surface area contributed by atoms with Gasteiger partial charge in [-0.2, -0.15) is 0 Å². The molecule has 2 fully saturated rings. The smallest absolute Gasteiger partial charge is 0.324 e. The van der Waals surface area contributed by atoms with Crippen LogP contribution in [0, 0.1) is 5.92 Å². The van der Waals surface area contributed by atoms with Gasteiger partial charge < -0.3 is 25.2 Å². The molecule has 6 atom stereocenters. The van der Waals surface area contributed by atoms with E-state index in [4.69, 9.17) is 9.47 Å². The molecule has 1 aromatic heterocycles. The van der Waals surface area contributed by atoms with Gasteiger partial charge in [0.1, 0.15) is 29.9 Å². The fraction of sp³-hybridized carbons (Fsp3) is 0.190. The molecular formula is C42H34N4O6S. The highest BCUT2D eigenvalue weighted by atomic mass is 32.1. The molecule has 5 aromatic carbocycles. The summed E-state index contributed by atoms with van der Waals surface area (Å²) in [5.74, 6) is -2.44. The molecule has 4 heterocycles. The van der Waals surface area contributed by atoms with Crippen molar-refractivity contribution in [2.75, 3.05) is 23.8 Å². The molecule has 1 spiro atoms. The van der Waals surface area contributed by atoms with Gasteiger partial charge in [0, 0.05) is 11.3 Å². The van der Waals surface area contributed by atoms with Gasteiger partial charge in [-0.05, 0) is 41.0 Å². The molecular weight excluding hydrogens is 689 g/mol. The molecule has 10 nitrogen and oxygen atoms in total. The summed E-state index contributed by atoms with van der Waals surface area (Å²) < 4.78 is 13.5. The van der Waals surface area contributed by atoms with Gasteiger partial charge in [0.15, 0.2) is 5.13 Å². The number of thiazole rings is 1. The average Bonchev–Trinajstić information content (AvgIpc) is 3.84. The highest BCUT2D eigenvalue weighted by Gasteiger charge is 2.74. The largest absolute Gasteiger partial charge is 0.491 e. The Kier molecular flexibility index (Phi) is 8.26. The molecule has 3 N–H and O–H groups in total. The van der Waals surface area contributed by atoms with E-state index in [1.54, 1.807) is 6.07 Å². The molecule has 0 radical (unpaired) electrons. The van der Waals surface area contributed by atoms with Gasteiger partial charge in [0.05, 0.1) is 34.8 Å². The highest BCUT2D eigenvalue weighted by molar-refractivity contribution is 7.22. The lowest BCUT2D eigenvalue weighted by Gasteiger charge is -2.46. The van der Waals surface area contributed by atoms with E-state index < -0.39 is 53.3 Å². The number of para-hydroxylation sites is 3. The van der Waals surface area contributed by atoms with E-state index in [0.717, 1.165) is 21.3 Å². The number of ether oxygens (including phenoxy) is 2. The fourth-order valence-electron chi connectivity index (χ4n) is 8.62. The van der Waals surface area contributed by atoms with Crippen molar-refractivity contribution in [1.29, 1.82) is 0 Å². The number of amides is 2. The molecule has 2 saturated heterocycles. The van der Waals surface area contributed by atoms with Gasteiger partial charge in [-0.15, -0.1) is 0 Å². The molecule has 264 valence electrons. The SMILES string of the molecule is O=C1OC(c2ccccc2)C(c2ccccc2)N2C1C(C(=O)Nc1nc3ccccc3s1)C1(C(=O)Nc3ccccc31)C2c1ccccc1OCCO. The first-order chi connectivity index (χ1) is 26.0. The van der Waals surface area contributed by atoms with Crippen molar-refractivity contribution in [3.63, 3.8) is 0 Å². The normalized spacial score (nSPS) is 24.7. The van der Waals surface area contributed by atoms with Crippen LogP contribution in [0.4, 0.5) is 10.8 Å². The summed E-state index contributed by atoms with van der Waals surface area (Å²) >= 11 is 1.32. The summed E-state index contributed by atoms with van der Waals surface area (Å²) in [5, 5.41) is 16.3. The predicted octanol–water partition coefficient (Wildman–Crippen LogP) is 6.58. The second-order valence-corrected chi connectivity index (χ2v) is 14.4. The van der Waals surface area contributed by atoms with Gasteiger partial charge in [0.2, 0.25) is 11.8 Å². The molecule has 11 heteroatoms. The number of hydrogen-bond donors (Lipinski definition) is 3. The van der Waals surface area contributed by atoms with Crippen LogP contribution in [-0.2, 0) is 24.5 Å². The molecule has 0 aliphatic carbocycles. The van der Waals surface area contributed by atoms with Crippen molar-refractivity contribution in [2.24, 2.45) is 5.92 Å². The minimum atomic E-state index is -1.65.